The lowest BCUT2D eigenvalue weighted by Crippen LogP contribution is -2.05. The van der Waals surface area contributed by atoms with Gasteiger partial charge in [-0.1, -0.05) is 11.3 Å². The maximum Gasteiger partial charge on any atom is 0.234 e. The molecule has 1 saturated carbocycles. The first-order valence-corrected chi connectivity index (χ1v) is 5.55. The standard InChI is InChI=1S/C8H11N5S/c1-4(9)7-12-13-6(5-2-3-5)10-11-8(13)14-7/h4-5H,2-3,9H2,1H3. The van der Waals surface area contributed by atoms with Crippen LogP contribution in [-0.4, -0.2) is 19.8 Å². The van der Waals surface area contributed by atoms with Crippen LogP contribution in [0.15, 0.2) is 0 Å². The SMILES string of the molecule is CC(N)c1nn2c(C3CC3)nnc2s1. The van der Waals surface area contributed by atoms with E-state index in [1.807, 2.05) is 11.4 Å². The fraction of sp³-hybridized carbons (Fsp3) is 0.625. The molecule has 3 rings (SSSR count). The summed E-state index contributed by atoms with van der Waals surface area (Å²) in [4.78, 5) is 0.860. The van der Waals surface area contributed by atoms with Crippen LogP contribution < -0.4 is 5.73 Å². The number of nitrogens with two attached hydrogens (primary N) is 1. The Morgan fingerprint density at radius 2 is 2.29 bits per heavy atom. The molecule has 2 heterocycles. The third-order valence-corrected chi connectivity index (χ3v) is 3.46. The number of hydrogen-bond acceptors (Lipinski definition) is 5. The molecule has 74 valence electrons. The smallest absolute Gasteiger partial charge is 0.234 e. The average molecular weight is 209 g/mol. The minimum Gasteiger partial charge on any atom is -0.322 e. The zero-order valence-corrected chi connectivity index (χ0v) is 8.66. The van der Waals surface area contributed by atoms with E-state index >= 15 is 0 Å². The molecule has 0 aliphatic heterocycles. The lowest BCUT2D eigenvalue weighted by atomic mass is 10.4. The molecule has 1 unspecified atom stereocenters. The third kappa shape index (κ3) is 1.14. The first-order valence-electron chi connectivity index (χ1n) is 4.73. The second kappa shape index (κ2) is 2.74. The highest BCUT2D eigenvalue weighted by atomic mass is 32.1. The van der Waals surface area contributed by atoms with Gasteiger partial charge in [0.1, 0.15) is 5.01 Å². The quantitative estimate of drug-likeness (QED) is 0.803. The van der Waals surface area contributed by atoms with E-state index in [0.29, 0.717) is 5.92 Å². The van der Waals surface area contributed by atoms with Crippen molar-refractivity contribution in [3.63, 3.8) is 0 Å². The summed E-state index contributed by atoms with van der Waals surface area (Å²) < 4.78 is 1.85. The molecule has 1 atom stereocenters. The van der Waals surface area contributed by atoms with Gasteiger partial charge in [-0.05, 0) is 19.8 Å². The van der Waals surface area contributed by atoms with Crippen LogP contribution in [-0.2, 0) is 0 Å². The Kier molecular flexibility index (Phi) is 1.63. The summed E-state index contributed by atoms with van der Waals surface area (Å²) in [6, 6.07) is -0.0197. The molecule has 0 aromatic carbocycles. The first-order chi connectivity index (χ1) is 6.75. The molecule has 5 nitrogen and oxygen atoms in total. The van der Waals surface area contributed by atoms with Crippen LogP contribution in [0, 0.1) is 0 Å². The van der Waals surface area contributed by atoms with Crippen molar-refractivity contribution < 1.29 is 0 Å². The molecule has 2 aromatic heterocycles. The van der Waals surface area contributed by atoms with Gasteiger partial charge in [-0.2, -0.15) is 9.61 Å². The summed E-state index contributed by atoms with van der Waals surface area (Å²) >= 11 is 1.52. The lowest BCUT2D eigenvalue weighted by Gasteiger charge is -1.95. The second-order valence-electron chi connectivity index (χ2n) is 3.76. The molecule has 1 fully saturated rings. The highest BCUT2D eigenvalue weighted by molar-refractivity contribution is 7.16. The highest BCUT2D eigenvalue weighted by Crippen LogP contribution is 2.39. The molecule has 6 heteroatoms. The van der Waals surface area contributed by atoms with Crippen molar-refractivity contribution in [2.75, 3.05) is 0 Å². The van der Waals surface area contributed by atoms with E-state index in [1.165, 1.54) is 24.2 Å². The molecule has 0 radical (unpaired) electrons. The van der Waals surface area contributed by atoms with Gasteiger partial charge in [-0.3, -0.25) is 0 Å². The molecule has 2 aromatic rings. The average Bonchev–Trinajstić information content (AvgIpc) is 2.77. The fourth-order valence-electron chi connectivity index (χ4n) is 1.43. The zero-order valence-electron chi connectivity index (χ0n) is 7.84. The molecular weight excluding hydrogens is 198 g/mol. The number of rotatable bonds is 2. The predicted molar refractivity (Wildman–Crippen MR) is 53.2 cm³/mol. The minimum absolute atomic E-state index is 0.0197. The Balaban J connectivity index is 2.14. The Hall–Kier alpha value is -1.01. The summed E-state index contributed by atoms with van der Waals surface area (Å²) in [5, 5.41) is 13.6. The van der Waals surface area contributed by atoms with Gasteiger partial charge in [-0.25, -0.2) is 0 Å². The van der Waals surface area contributed by atoms with Crippen molar-refractivity contribution in [1.82, 2.24) is 19.8 Å². The molecule has 0 spiro atoms. The highest BCUT2D eigenvalue weighted by Gasteiger charge is 2.30. The maximum absolute atomic E-state index is 5.76. The Labute approximate surface area is 84.9 Å². The van der Waals surface area contributed by atoms with Crippen molar-refractivity contribution in [3.05, 3.63) is 10.8 Å². The molecule has 0 amide bonds. The molecule has 1 aliphatic carbocycles. The van der Waals surface area contributed by atoms with Crippen LogP contribution >= 0.6 is 11.3 Å². The Morgan fingerprint density at radius 3 is 2.93 bits per heavy atom. The van der Waals surface area contributed by atoms with Crippen molar-refractivity contribution in [2.45, 2.75) is 31.7 Å². The predicted octanol–water partition coefficient (Wildman–Crippen LogP) is 1.08. The van der Waals surface area contributed by atoms with E-state index in [0.717, 1.165) is 15.8 Å². The molecule has 1 aliphatic rings. The van der Waals surface area contributed by atoms with Crippen molar-refractivity contribution >= 4 is 16.3 Å². The summed E-state index contributed by atoms with van der Waals surface area (Å²) in [6.07, 6.45) is 2.43. The zero-order chi connectivity index (χ0) is 9.71. The van der Waals surface area contributed by atoms with Gasteiger partial charge in [-0.15, -0.1) is 10.2 Å². The van der Waals surface area contributed by atoms with Gasteiger partial charge in [0.25, 0.3) is 0 Å². The molecule has 0 saturated heterocycles. The van der Waals surface area contributed by atoms with E-state index < -0.39 is 0 Å². The second-order valence-corrected chi connectivity index (χ2v) is 4.74. The monoisotopic (exact) mass is 209 g/mol. The normalized spacial score (nSPS) is 19.0. The van der Waals surface area contributed by atoms with Crippen LogP contribution in [0.2, 0.25) is 0 Å². The van der Waals surface area contributed by atoms with E-state index in [9.17, 15) is 0 Å². The van der Waals surface area contributed by atoms with Crippen LogP contribution in [0.3, 0.4) is 0 Å². The van der Waals surface area contributed by atoms with E-state index in [-0.39, 0.29) is 6.04 Å². The van der Waals surface area contributed by atoms with Crippen LogP contribution in [0.25, 0.3) is 4.96 Å². The van der Waals surface area contributed by atoms with Crippen LogP contribution in [0.5, 0.6) is 0 Å². The van der Waals surface area contributed by atoms with Crippen molar-refractivity contribution in [2.24, 2.45) is 5.73 Å². The molecule has 2 N–H and O–H groups in total. The van der Waals surface area contributed by atoms with Crippen molar-refractivity contribution in [3.8, 4) is 0 Å². The van der Waals surface area contributed by atoms with E-state index in [4.69, 9.17) is 5.73 Å². The summed E-state index contributed by atoms with van der Waals surface area (Å²) in [6.45, 7) is 1.93. The van der Waals surface area contributed by atoms with E-state index in [1.54, 1.807) is 0 Å². The first kappa shape index (κ1) is 8.31. The fourth-order valence-corrected chi connectivity index (χ4v) is 2.22. The van der Waals surface area contributed by atoms with Crippen LogP contribution in [0.4, 0.5) is 0 Å². The maximum atomic E-state index is 5.76. The van der Waals surface area contributed by atoms with Crippen LogP contribution in [0.1, 0.15) is 42.6 Å². The number of aromatic nitrogens is 4. The summed E-state index contributed by atoms with van der Waals surface area (Å²) in [5.41, 5.74) is 5.76. The Morgan fingerprint density at radius 1 is 1.50 bits per heavy atom. The summed E-state index contributed by atoms with van der Waals surface area (Å²) in [7, 11) is 0. The van der Waals surface area contributed by atoms with Gasteiger partial charge in [0.15, 0.2) is 5.82 Å². The van der Waals surface area contributed by atoms with Crippen molar-refractivity contribution in [1.29, 1.82) is 0 Å². The largest absolute Gasteiger partial charge is 0.322 e. The Bertz CT molecular complexity index is 467. The number of hydrogen-bond donors (Lipinski definition) is 1. The van der Waals surface area contributed by atoms with Gasteiger partial charge in [0, 0.05) is 5.92 Å². The minimum atomic E-state index is -0.0197. The third-order valence-electron chi connectivity index (χ3n) is 2.36. The molecule has 0 bridgehead atoms. The lowest BCUT2D eigenvalue weighted by molar-refractivity contribution is 0.743. The molecule has 14 heavy (non-hydrogen) atoms. The van der Waals surface area contributed by atoms with Gasteiger partial charge in [0.2, 0.25) is 4.96 Å². The summed E-state index contributed by atoms with van der Waals surface area (Å²) in [5.74, 6) is 1.58. The number of nitrogens with zero attached hydrogens (tertiary/aromatic N) is 4. The topological polar surface area (TPSA) is 69.1 Å². The van der Waals surface area contributed by atoms with Gasteiger partial charge >= 0.3 is 0 Å². The van der Waals surface area contributed by atoms with E-state index in [2.05, 4.69) is 15.3 Å². The molecular formula is C8H11N5S. The number of fused-ring (bicyclic) bond motifs is 1. The van der Waals surface area contributed by atoms with Gasteiger partial charge < -0.3 is 5.73 Å². The van der Waals surface area contributed by atoms with Gasteiger partial charge in [0.05, 0.1) is 6.04 Å².